The fraction of sp³-hybridized carbons (Fsp3) is 0.231. The molecule has 0 unspecified atom stereocenters. The van der Waals surface area contributed by atoms with Crippen LogP contribution in [0.15, 0.2) is 59.1 Å². The number of halogens is 13. The van der Waals surface area contributed by atoms with Gasteiger partial charge in [0.25, 0.3) is 5.91 Å². The Morgan fingerprint density at radius 3 is 1.91 bits per heavy atom. The molecule has 0 bridgehead atoms. The molecule has 232 valence electrons. The van der Waals surface area contributed by atoms with E-state index < -0.39 is 92.8 Å². The van der Waals surface area contributed by atoms with E-state index in [1.165, 1.54) is 0 Å². The molecule has 0 N–H and O–H groups in total. The number of carbonyl (C=O) groups is 2. The summed E-state index contributed by atoms with van der Waals surface area (Å²) in [5.41, 5.74) is -11.0. The van der Waals surface area contributed by atoms with Gasteiger partial charge in [-0.15, -0.1) is 13.2 Å². The van der Waals surface area contributed by atoms with Crippen LogP contribution in [-0.4, -0.2) is 37.5 Å². The van der Waals surface area contributed by atoms with Gasteiger partial charge >= 0.3 is 24.4 Å². The van der Waals surface area contributed by atoms with Gasteiger partial charge in [-0.05, 0) is 48.5 Å². The Morgan fingerprint density at radius 2 is 1.40 bits per heavy atom. The first-order chi connectivity index (χ1) is 19.6. The van der Waals surface area contributed by atoms with Crippen LogP contribution in [0.1, 0.15) is 31.8 Å². The molecule has 0 heterocycles. The average Bonchev–Trinajstić information content (AvgIpc) is 2.87. The van der Waals surface area contributed by atoms with Crippen molar-refractivity contribution in [1.29, 1.82) is 0 Å². The fourth-order valence-corrected chi connectivity index (χ4v) is 4.41. The largest absolute Gasteiger partial charge is 0.573 e. The van der Waals surface area contributed by atoms with E-state index >= 15 is 4.39 Å². The number of carbonyl (C=O) groups excluding carboxylic acids is 2. The number of benzene rings is 3. The van der Waals surface area contributed by atoms with Crippen LogP contribution in [-0.2, 0) is 12.1 Å². The molecule has 0 radical (unpaired) electrons. The predicted octanol–water partition coefficient (Wildman–Crippen LogP) is 8.62. The third-order valence-corrected chi connectivity index (χ3v) is 6.64. The van der Waals surface area contributed by atoms with E-state index in [0.717, 1.165) is 54.4 Å². The highest BCUT2D eigenvalue weighted by Crippen LogP contribution is 2.54. The molecule has 0 saturated heterocycles. The van der Waals surface area contributed by atoms with Crippen LogP contribution in [0.4, 0.5) is 58.4 Å². The molecule has 1 amide bonds. The van der Waals surface area contributed by atoms with Crippen LogP contribution >= 0.6 is 15.9 Å². The normalized spacial score (nSPS) is 12.7. The van der Waals surface area contributed by atoms with Crippen LogP contribution in [0, 0.1) is 11.6 Å². The van der Waals surface area contributed by atoms with Gasteiger partial charge in [-0.3, -0.25) is 9.59 Å². The lowest BCUT2D eigenvalue weighted by atomic mass is 9.91. The Morgan fingerprint density at radius 1 is 0.837 bits per heavy atom. The molecule has 3 aromatic rings. The highest BCUT2D eigenvalue weighted by Gasteiger charge is 2.73. The van der Waals surface area contributed by atoms with E-state index in [9.17, 15) is 57.9 Å². The molecule has 3 aromatic carbocycles. The quantitative estimate of drug-likeness (QED) is 0.184. The molecular formula is C26H14BrF12NO3. The monoisotopic (exact) mass is 695 g/mol. The van der Waals surface area contributed by atoms with Crippen LogP contribution in [0.2, 0.25) is 0 Å². The molecule has 0 aliphatic rings. The molecule has 4 nitrogen and oxygen atoms in total. The molecule has 17 heteroatoms. The van der Waals surface area contributed by atoms with Gasteiger partial charge in [0.1, 0.15) is 11.6 Å². The summed E-state index contributed by atoms with van der Waals surface area (Å²) in [6.07, 6.45) is -20.4. The lowest BCUT2D eigenvalue weighted by molar-refractivity contribution is -0.348. The van der Waals surface area contributed by atoms with Crippen molar-refractivity contribution in [2.24, 2.45) is 0 Å². The molecule has 0 aliphatic heterocycles. The minimum Gasteiger partial charge on any atom is -0.405 e. The fourth-order valence-electron chi connectivity index (χ4n) is 3.83. The van der Waals surface area contributed by atoms with Crippen LogP contribution in [0.3, 0.4) is 0 Å². The number of anilines is 1. The number of alkyl halides is 10. The summed E-state index contributed by atoms with van der Waals surface area (Å²) in [7, 11) is 1.08. The predicted molar refractivity (Wildman–Crippen MR) is 129 cm³/mol. The second kappa shape index (κ2) is 11.7. The number of nitrogens with zero attached hydrogens (tertiary/aromatic N) is 1. The third-order valence-electron chi connectivity index (χ3n) is 5.93. The number of hydrogen-bond donors (Lipinski definition) is 0. The molecular weight excluding hydrogens is 682 g/mol. The van der Waals surface area contributed by atoms with Crippen molar-refractivity contribution in [3.63, 3.8) is 0 Å². The van der Waals surface area contributed by atoms with Gasteiger partial charge in [-0.25, -0.2) is 13.2 Å². The molecule has 0 aliphatic carbocycles. The minimum atomic E-state index is -6.68. The molecule has 0 aromatic heterocycles. The molecule has 0 spiro atoms. The summed E-state index contributed by atoms with van der Waals surface area (Å²) >= 11 is 2.46. The molecule has 0 atom stereocenters. The lowest BCUT2D eigenvalue weighted by Gasteiger charge is -2.31. The topological polar surface area (TPSA) is 46.6 Å². The van der Waals surface area contributed by atoms with E-state index in [0.29, 0.717) is 0 Å². The SMILES string of the molecule is CN(C(=O)c1ccc(F)cc1)c1cccc(C(=O)Cc2c(Br)cc(C(F)(C(F)(F)F)C(F)(F)F)cc2OC(F)(F)F)c1F. The molecule has 0 fully saturated rings. The van der Waals surface area contributed by atoms with E-state index in [4.69, 9.17) is 0 Å². The maximum atomic E-state index is 15.4. The number of hydrogen-bond acceptors (Lipinski definition) is 3. The number of amides is 1. The zero-order valence-electron chi connectivity index (χ0n) is 21.0. The Balaban J connectivity index is 2.07. The van der Waals surface area contributed by atoms with E-state index in [-0.39, 0.29) is 11.6 Å². The summed E-state index contributed by atoms with van der Waals surface area (Å²) in [4.78, 5) is 26.4. The van der Waals surface area contributed by atoms with Gasteiger partial charge in [0.15, 0.2) is 11.6 Å². The number of Topliss-reactive ketones (excluding diaryl/α,β-unsaturated/α-hetero) is 1. The maximum absolute atomic E-state index is 15.4. The van der Waals surface area contributed by atoms with Crippen molar-refractivity contribution in [2.45, 2.75) is 30.8 Å². The Labute approximate surface area is 242 Å². The smallest absolute Gasteiger partial charge is 0.405 e. The van der Waals surface area contributed by atoms with Crippen molar-refractivity contribution in [2.75, 3.05) is 11.9 Å². The first-order valence-corrected chi connectivity index (χ1v) is 12.1. The lowest BCUT2D eigenvalue weighted by Crippen LogP contribution is -2.50. The Bertz CT molecular complexity index is 1520. The van der Waals surface area contributed by atoms with E-state index in [2.05, 4.69) is 20.7 Å². The highest BCUT2D eigenvalue weighted by atomic mass is 79.9. The summed E-state index contributed by atoms with van der Waals surface area (Å²) in [5, 5.41) is 0. The standard InChI is InChI=1S/C26H14BrF12NO3/c1-40(22(42)12-5-7-14(28)8-6-12)18-4-2-3-15(21(18)29)19(41)11-16-17(27)9-13(10-20(16)43-26(37,38)39)23(30,24(31,32)33)25(34,35)36/h2-10H,11H2,1H3. The maximum Gasteiger partial charge on any atom is 0.573 e. The third kappa shape index (κ3) is 6.91. The van der Waals surface area contributed by atoms with E-state index in [1.54, 1.807) is 0 Å². The second-order valence-corrected chi connectivity index (χ2v) is 9.60. The Kier molecular flexibility index (Phi) is 9.20. The zero-order chi connectivity index (χ0) is 32.7. The van der Waals surface area contributed by atoms with Gasteiger partial charge in [-0.1, -0.05) is 22.0 Å². The van der Waals surface area contributed by atoms with Crippen molar-refractivity contribution >= 4 is 33.3 Å². The summed E-state index contributed by atoms with van der Waals surface area (Å²) in [5.74, 6) is -6.10. The average molecular weight is 696 g/mol. The van der Waals surface area contributed by atoms with Crippen molar-refractivity contribution in [3.05, 3.63) is 93.0 Å². The van der Waals surface area contributed by atoms with Crippen molar-refractivity contribution < 1.29 is 67.0 Å². The molecule has 43 heavy (non-hydrogen) atoms. The number of rotatable bonds is 7. The molecule has 0 saturated carbocycles. The minimum absolute atomic E-state index is 0.0976. The summed E-state index contributed by atoms with van der Waals surface area (Å²) in [6.45, 7) is 0. The van der Waals surface area contributed by atoms with Crippen molar-refractivity contribution in [1.82, 2.24) is 0 Å². The van der Waals surface area contributed by atoms with Crippen LogP contribution in [0.5, 0.6) is 5.75 Å². The van der Waals surface area contributed by atoms with Crippen LogP contribution in [0.25, 0.3) is 0 Å². The van der Waals surface area contributed by atoms with Gasteiger partial charge in [0.2, 0.25) is 0 Å². The summed E-state index contributed by atoms with van der Waals surface area (Å²) in [6, 6.07) is 6.33. The Hall–Kier alpha value is -3.76. The second-order valence-electron chi connectivity index (χ2n) is 8.75. The first-order valence-electron chi connectivity index (χ1n) is 11.3. The van der Waals surface area contributed by atoms with Crippen molar-refractivity contribution in [3.8, 4) is 5.75 Å². The zero-order valence-corrected chi connectivity index (χ0v) is 22.6. The van der Waals surface area contributed by atoms with Gasteiger partial charge in [-0.2, -0.15) is 26.3 Å². The van der Waals surface area contributed by atoms with Gasteiger partial charge in [0.05, 0.1) is 11.3 Å². The summed E-state index contributed by atoms with van der Waals surface area (Å²) < 4.78 is 164. The van der Waals surface area contributed by atoms with E-state index in [1.807, 2.05) is 0 Å². The molecule has 3 rings (SSSR count). The first kappa shape index (κ1) is 33.7. The highest BCUT2D eigenvalue weighted by molar-refractivity contribution is 9.10. The van der Waals surface area contributed by atoms with Crippen LogP contribution < -0.4 is 9.64 Å². The number of ketones is 1. The van der Waals surface area contributed by atoms with Gasteiger partial charge < -0.3 is 9.64 Å². The van der Waals surface area contributed by atoms with Gasteiger partial charge in [0, 0.05) is 34.6 Å². The number of ether oxygens (including phenoxy) is 1.